The van der Waals surface area contributed by atoms with Crippen LogP contribution in [0.1, 0.15) is 11.8 Å². The molecule has 3 amide bonds. The van der Waals surface area contributed by atoms with Gasteiger partial charge in [0.25, 0.3) is 0 Å². The van der Waals surface area contributed by atoms with Crippen molar-refractivity contribution in [1.29, 1.82) is 0 Å². The van der Waals surface area contributed by atoms with Crippen molar-refractivity contribution in [2.45, 2.75) is 13.5 Å². The van der Waals surface area contributed by atoms with Gasteiger partial charge in [0.2, 0.25) is 17.7 Å². The maximum atomic E-state index is 13.1. The number of hydrogen-bond acceptors (Lipinski definition) is 5. The van der Waals surface area contributed by atoms with Gasteiger partial charge in [-0.25, -0.2) is 8.78 Å². The summed E-state index contributed by atoms with van der Waals surface area (Å²) >= 11 is 1.54. The summed E-state index contributed by atoms with van der Waals surface area (Å²) in [5, 5.41) is 9.50. The lowest BCUT2D eigenvalue weighted by molar-refractivity contribution is -0.126. The summed E-state index contributed by atoms with van der Waals surface area (Å²) < 4.78 is 26.0. The molecule has 1 aromatic heterocycles. The second kappa shape index (κ2) is 11.2. The Balaban J connectivity index is 1.70. The molecule has 1 heterocycles. The number of hydrogen-bond donors (Lipinski definition) is 3. The summed E-state index contributed by atoms with van der Waals surface area (Å²) in [6.45, 7) is 2.39. The minimum absolute atomic E-state index is 0.0519. The molecule has 0 atom stereocenters. The van der Waals surface area contributed by atoms with Crippen molar-refractivity contribution in [3.8, 4) is 0 Å². The quantitative estimate of drug-likeness (QED) is 0.542. The van der Waals surface area contributed by atoms with E-state index in [1.54, 1.807) is 16.2 Å². The molecule has 2 aromatic rings. The minimum Gasteiger partial charge on any atom is -0.350 e. The monoisotopic (exact) mass is 424 g/mol. The summed E-state index contributed by atoms with van der Waals surface area (Å²) in [5.41, 5.74) is 0.0840. The molecule has 3 N–H and O–H groups in total. The van der Waals surface area contributed by atoms with E-state index in [1.807, 2.05) is 24.4 Å². The molecule has 0 radical (unpaired) electrons. The van der Waals surface area contributed by atoms with Gasteiger partial charge in [-0.2, -0.15) is 0 Å². The highest BCUT2D eigenvalue weighted by atomic mass is 32.1. The first-order valence-electron chi connectivity index (χ1n) is 8.90. The average molecular weight is 424 g/mol. The Hall–Kier alpha value is -2.85. The van der Waals surface area contributed by atoms with Gasteiger partial charge in [-0.15, -0.1) is 11.3 Å². The maximum Gasteiger partial charge on any atom is 0.243 e. The summed E-state index contributed by atoms with van der Waals surface area (Å²) in [4.78, 5) is 38.5. The SMILES string of the molecule is CCN(CC(=O)NCC(=O)Nc1ccc(F)c(F)c1)CC(=O)NCc1cccs1. The lowest BCUT2D eigenvalue weighted by Crippen LogP contribution is -2.44. The van der Waals surface area contributed by atoms with Gasteiger partial charge in [0.05, 0.1) is 26.2 Å². The molecule has 0 saturated heterocycles. The second-order valence-corrected chi connectivity index (χ2v) is 7.15. The zero-order valence-corrected chi connectivity index (χ0v) is 16.7. The van der Waals surface area contributed by atoms with Crippen molar-refractivity contribution in [3.05, 3.63) is 52.2 Å². The Morgan fingerprint density at radius 2 is 1.72 bits per heavy atom. The summed E-state index contributed by atoms with van der Waals surface area (Å²) in [5.74, 6) is -3.32. The van der Waals surface area contributed by atoms with Crippen LogP contribution in [0, 0.1) is 11.6 Å². The molecule has 0 aliphatic heterocycles. The van der Waals surface area contributed by atoms with Crippen LogP contribution in [0.4, 0.5) is 14.5 Å². The van der Waals surface area contributed by atoms with Crippen molar-refractivity contribution >= 4 is 34.7 Å². The van der Waals surface area contributed by atoms with Crippen LogP contribution >= 0.6 is 11.3 Å². The van der Waals surface area contributed by atoms with Crippen LogP contribution in [-0.4, -0.2) is 48.8 Å². The molecule has 0 unspecified atom stereocenters. The lowest BCUT2D eigenvalue weighted by atomic mass is 10.3. The van der Waals surface area contributed by atoms with Crippen LogP contribution in [0.15, 0.2) is 35.7 Å². The highest BCUT2D eigenvalue weighted by Gasteiger charge is 2.14. The van der Waals surface area contributed by atoms with E-state index in [0.717, 1.165) is 17.0 Å². The maximum absolute atomic E-state index is 13.1. The van der Waals surface area contributed by atoms with Crippen LogP contribution in [0.2, 0.25) is 0 Å². The van der Waals surface area contributed by atoms with Crippen molar-refractivity contribution in [2.75, 3.05) is 31.5 Å². The third kappa shape index (κ3) is 7.96. The smallest absolute Gasteiger partial charge is 0.243 e. The molecule has 0 fully saturated rings. The number of nitrogens with one attached hydrogen (secondary N) is 3. The fraction of sp³-hybridized carbons (Fsp3) is 0.316. The van der Waals surface area contributed by atoms with E-state index in [1.165, 1.54) is 6.07 Å². The van der Waals surface area contributed by atoms with Crippen LogP contribution in [0.5, 0.6) is 0 Å². The molecule has 29 heavy (non-hydrogen) atoms. The highest BCUT2D eigenvalue weighted by molar-refractivity contribution is 7.09. The zero-order valence-electron chi connectivity index (χ0n) is 15.8. The molecule has 10 heteroatoms. The van der Waals surface area contributed by atoms with Gasteiger partial charge in [0.1, 0.15) is 0 Å². The number of anilines is 1. The van der Waals surface area contributed by atoms with Crippen LogP contribution in [-0.2, 0) is 20.9 Å². The number of likely N-dealkylation sites (N-methyl/N-ethyl adjacent to an activating group) is 1. The second-order valence-electron chi connectivity index (χ2n) is 6.11. The van der Waals surface area contributed by atoms with E-state index in [-0.39, 0.29) is 31.2 Å². The molecule has 0 bridgehead atoms. The third-order valence-corrected chi connectivity index (χ3v) is 4.75. The van der Waals surface area contributed by atoms with E-state index in [9.17, 15) is 23.2 Å². The van der Waals surface area contributed by atoms with Crippen molar-refractivity contribution in [1.82, 2.24) is 15.5 Å². The number of halogens is 2. The molecule has 1 aromatic carbocycles. The van der Waals surface area contributed by atoms with Crippen LogP contribution < -0.4 is 16.0 Å². The molecule has 7 nitrogen and oxygen atoms in total. The largest absolute Gasteiger partial charge is 0.350 e. The predicted octanol–water partition coefficient (Wildman–Crippen LogP) is 1.72. The van der Waals surface area contributed by atoms with E-state index < -0.39 is 23.4 Å². The summed E-state index contributed by atoms with van der Waals surface area (Å²) in [6.07, 6.45) is 0. The molecule has 0 spiro atoms. The first-order valence-corrected chi connectivity index (χ1v) is 9.78. The van der Waals surface area contributed by atoms with Crippen molar-refractivity contribution in [3.63, 3.8) is 0 Å². The topological polar surface area (TPSA) is 90.5 Å². The molecule has 156 valence electrons. The summed E-state index contributed by atoms with van der Waals surface area (Å²) in [7, 11) is 0. The molecule has 2 rings (SSSR count). The number of thiophene rings is 1. The fourth-order valence-corrected chi connectivity index (χ4v) is 3.00. The minimum atomic E-state index is -1.08. The Bertz CT molecular complexity index is 846. The average Bonchev–Trinajstić information content (AvgIpc) is 3.21. The van der Waals surface area contributed by atoms with Gasteiger partial charge in [-0.05, 0) is 30.1 Å². The van der Waals surface area contributed by atoms with Gasteiger partial charge in [0.15, 0.2) is 11.6 Å². The van der Waals surface area contributed by atoms with Crippen molar-refractivity contribution < 1.29 is 23.2 Å². The Morgan fingerprint density at radius 3 is 2.34 bits per heavy atom. The van der Waals surface area contributed by atoms with Crippen LogP contribution in [0.25, 0.3) is 0 Å². The van der Waals surface area contributed by atoms with Gasteiger partial charge in [-0.1, -0.05) is 13.0 Å². The Labute approximate surface area is 171 Å². The normalized spacial score (nSPS) is 10.6. The van der Waals surface area contributed by atoms with Crippen LogP contribution in [0.3, 0.4) is 0 Å². The summed E-state index contributed by atoms with van der Waals surface area (Å²) in [6, 6.07) is 6.78. The first-order chi connectivity index (χ1) is 13.9. The lowest BCUT2D eigenvalue weighted by Gasteiger charge is -2.19. The van der Waals surface area contributed by atoms with Gasteiger partial charge < -0.3 is 16.0 Å². The molecule has 0 aliphatic rings. The van der Waals surface area contributed by atoms with E-state index in [0.29, 0.717) is 13.1 Å². The van der Waals surface area contributed by atoms with E-state index in [4.69, 9.17) is 0 Å². The fourth-order valence-electron chi connectivity index (χ4n) is 2.35. The van der Waals surface area contributed by atoms with Gasteiger partial charge in [0, 0.05) is 16.6 Å². The number of benzene rings is 1. The number of rotatable bonds is 10. The predicted molar refractivity (Wildman–Crippen MR) is 106 cm³/mol. The molecular weight excluding hydrogens is 402 g/mol. The van der Waals surface area contributed by atoms with E-state index >= 15 is 0 Å². The number of amides is 3. The first kappa shape index (κ1) is 22.4. The third-order valence-electron chi connectivity index (χ3n) is 3.87. The number of nitrogens with zero attached hydrogens (tertiary/aromatic N) is 1. The molecular formula is C19H22F2N4O3S. The zero-order chi connectivity index (χ0) is 21.2. The van der Waals surface area contributed by atoms with Gasteiger partial charge in [-0.3, -0.25) is 19.3 Å². The number of carbonyl (C=O) groups excluding carboxylic acids is 3. The Morgan fingerprint density at radius 1 is 1.00 bits per heavy atom. The molecule has 0 aliphatic carbocycles. The van der Waals surface area contributed by atoms with E-state index in [2.05, 4.69) is 16.0 Å². The van der Waals surface area contributed by atoms with Crippen molar-refractivity contribution in [2.24, 2.45) is 0 Å². The Kier molecular flexibility index (Phi) is 8.68. The molecule has 0 saturated carbocycles. The van der Waals surface area contributed by atoms with Gasteiger partial charge >= 0.3 is 0 Å². The standard InChI is InChI=1S/C19H22F2N4O3S/c1-2-25(11-18(27)22-9-14-4-3-7-29-14)12-19(28)23-10-17(26)24-13-5-6-15(20)16(21)8-13/h3-8H,2,9-12H2,1H3,(H,22,27)(H,23,28)(H,24,26). The number of carbonyl (C=O) groups is 3. The highest BCUT2D eigenvalue weighted by Crippen LogP contribution is 2.12.